The van der Waals surface area contributed by atoms with Crippen LogP contribution in [0.4, 0.5) is 0 Å². The molecule has 174 valence electrons. The lowest BCUT2D eigenvalue weighted by Crippen LogP contribution is -2.08. The molecular formula is C28H33NO3S. The van der Waals surface area contributed by atoms with E-state index in [0.717, 1.165) is 35.7 Å². The van der Waals surface area contributed by atoms with E-state index in [1.54, 1.807) is 11.3 Å². The molecular weight excluding hydrogens is 430 g/mol. The van der Waals surface area contributed by atoms with Crippen LogP contribution in [0.3, 0.4) is 0 Å². The molecule has 1 aromatic heterocycles. The van der Waals surface area contributed by atoms with Crippen LogP contribution in [0.25, 0.3) is 10.6 Å². The standard InChI is InChI=1S/C28H33NO3S/c1-5-31-27(30)17-23-11-10-22-16-24(12-13-25(22)23)32-15-14-26-19(4)33-28(29-26)21-8-6-20(7-9-21)18(2)3/h6-9,12-13,16,18,23H,5,10-11,14-15,17H2,1-4H3. The highest BCUT2D eigenvalue weighted by molar-refractivity contribution is 7.15. The first kappa shape index (κ1) is 23.5. The highest BCUT2D eigenvalue weighted by Crippen LogP contribution is 2.37. The summed E-state index contributed by atoms with van der Waals surface area (Å²) in [6, 6.07) is 15.0. The molecule has 3 aromatic rings. The first-order valence-electron chi connectivity index (χ1n) is 11.9. The van der Waals surface area contributed by atoms with E-state index in [2.05, 4.69) is 57.2 Å². The molecule has 0 saturated carbocycles. The van der Waals surface area contributed by atoms with E-state index in [9.17, 15) is 4.79 Å². The van der Waals surface area contributed by atoms with Crippen LogP contribution < -0.4 is 4.74 Å². The Labute approximate surface area is 201 Å². The molecule has 0 N–H and O–H groups in total. The van der Waals surface area contributed by atoms with Crippen molar-refractivity contribution in [2.75, 3.05) is 13.2 Å². The van der Waals surface area contributed by atoms with Gasteiger partial charge in [-0.05, 0) is 67.3 Å². The quantitative estimate of drug-likeness (QED) is 0.326. The van der Waals surface area contributed by atoms with Gasteiger partial charge in [-0.1, -0.05) is 44.2 Å². The number of aryl methyl sites for hydroxylation is 2. The number of rotatable bonds is 9. The van der Waals surface area contributed by atoms with Gasteiger partial charge in [0.15, 0.2) is 0 Å². The molecule has 0 amide bonds. The molecule has 0 radical (unpaired) electrons. The monoisotopic (exact) mass is 463 g/mol. The summed E-state index contributed by atoms with van der Waals surface area (Å²) in [5.41, 5.74) is 6.19. The van der Waals surface area contributed by atoms with Gasteiger partial charge in [-0.3, -0.25) is 4.79 Å². The van der Waals surface area contributed by atoms with Crippen molar-refractivity contribution >= 4 is 17.3 Å². The van der Waals surface area contributed by atoms with Gasteiger partial charge in [0.05, 0.1) is 25.3 Å². The van der Waals surface area contributed by atoms with Gasteiger partial charge in [0.25, 0.3) is 0 Å². The topological polar surface area (TPSA) is 48.4 Å². The summed E-state index contributed by atoms with van der Waals surface area (Å²) in [4.78, 5) is 18.0. The molecule has 0 saturated heterocycles. The molecule has 0 bridgehead atoms. The largest absolute Gasteiger partial charge is 0.493 e. The van der Waals surface area contributed by atoms with E-state index in [0.29, 0.717) is 25.6 Å². The van der Waals surface area contributed by atoms with Crippen LogP contribution in [0.15, 0.2) is 42.5 Å². The summed E-state index contributed by atoms with van der Waals surface area (Å²) in [5, 5.41) is 1.07. The van der Waals surface area contributed by atoms with Crippen LogP contribution in [0.5, 0.6) is 5.75 Å². The second kappa shape index (κ2) is 10.5. The molecule has 4 nitrogen and oxygen atoms in total. The Bertz CT molecular complexity index is 1100. The second-order valence-electron chi connectivity index (χ2n) is 9.00. The van der Waals surface area contributed by atoms with Gasteiger partial charge in [-0.25, -0.2) is 4.98 Å². The Morgan fingerprint density at radius 2 is 1.97 bits per heavy atom. The van der Waals surface area contributed by atoms with Gasteiger partial charge >= 0.3 is 5.97 Å². The van der Waals surface area contributed by atoms with Crippen molar-refractivity contribution in [1.29, 1.82) is 0 Å². The number of hydrogen-bond donors (Lipinski definition) is 0. The average Bonchev–Trinajstić information content (AvgIpc) is 3.37. The maximum Gasteiger partial charge on any atom is 0.306 e. The Kier molecular flexibility index (Phi) is 7.49. The highest BCUT2D eigenvalue weighted by atomic mass is 32.1. The molecule has 1 aliphatic carbocycles. The summed E-state index contributed by atoms with van der Waals surface area (Å²) in [5.74, 6) is 1.58. The minimum Gasteiger partial charge on any atom is -0.493 e. The van der Waals surface area contributed by atoms with E-state index in [4.69, 9.17) is 14.5 Å². The summed E-state index contributed by atoms with van der Waals surface area (Å²) in [6.45, 7) is 9.45. The van der Waals surface area contributed by atoms with Crippen LogP contribution in [0.2, 0.25) is 0 Å². The predicted octanol–water partition coefficient (Wildman–Crippen LogP) is 6.85. The Morgan fingerprint density at radius 3 is 2.70 bits per heavy atom. The zero-order valence-electron chi connectivity index (χ0n) is 20.0. The maximum atomic E-state index is 11.9. The molecule has 4 rings (SSSR count). The SMILES string of the molecule is CCOC(=O)CC1CCc2cc(OCCc3nc(-c4ccc(C(C)C)cc4)sc3C)ccc21. The lowest BCUT2D eigenvalue weighted by Gasteiger charge is -2.12. The van der Waals surface area contributed by atoms with Crippen LogP contribution in [0.1, 0.15) is 72.7 Å². The number of benzene rings is 2. The van der Waals surface area contributed by atoms with Crippen molar-refractivity contribution < 1.29 is 14.3 Å². The molecule has 0 spiro atoms. The third-order valence-electron chi connectivity index (χ3n) is 6.36. The van der Waals surface area contributed by atoms with E-state index in [-0.39, 0.29) is 11.9 Å². The molecule has 1 aliphatic rings. The van der Waals surface area contributed by atoms with E-state index < -0.39 is 0 Å². The fraction of sp³-hybridized carbons (Fsp3) is 0.429. The molecule has 0 aliphatic heterocycles. The number of nitrogens with zero attached hydrogens (tertiary/aromatic N) is 1. The minimum absolute atomic E-state index is 0.107. The van der Waals surface area contributed by atoms with Crippen molar-refractivity contribution in [3.63, 3.8) is 0 Å². The number of esters is 1. The number of ether oxygens (including phenoxy) is 2. The molecule has 0 fully saturated rings. The average molecular weight is 464 g/mol. The van der Waals surface area contributed by atoms with Gasteiger partial charge in [0.1, 0.15) is 10.8 Å². The fourth-order valence-corrected chi connectivity index (χ4v) is 5.43. The van der Waals surface area contributed by atoms with Gasteiger partial charge in [-0.2, -0.15) is 0 Å². The minimum atomic E-state index is -0.107. The number of thiazole rings is 1. The summed E-state index contributed by atoms with van der Waals surface area (Å²) in [6.07, 6.45) is 3.24. The first-order chi connectivity index (χ1) is 15.9. The van der Waals surface area contributed by atoms with Gasteiger partial charge in [0.2, 0.25) is 0 Å². The summed E-state index contributed by atoms with van der Waals surface area (Å²) < 4.78 is 11.2. The normalized spacial score (nSPS) is 15.0. The number of fused-ring (bicyclic) bond motifs is 1. The zero-order chi connectivity index (χ0) is 23.4. The van der Waals surface area contributed by atoms with Crippen LogP contribution in [0, 0.1) is 6.92 Å². The Morgan fingerprint density at radius 1 is 1.18 bits per heavy atom. The predicted molar refractivity (Wildman–Crippen MR) is 134 cm³/mol. The number of aromatic nitrogens is 1. The molecule has 1 unspecified atom stereocenters. The molecule has 1 atom stereocenters. The van der Waals surface area contributed by atoms with E-state index in [1.807, 2.05) is 13.0 Å². The third kappa shape index (κ3) is 5.64. The first-order valence-corrected chi connectivity index (χ1v) is 12.7. The Balaban J connectivity index is 1.34. The second-order valence-corrected chi connectivity index (χ2v) is 10.2. The van der Waals surface area contributed by atoms with E-state index in [1.165, 1.54) is 27.1 Å². The van der Waals surface area contributed by atoms with Crippen molar-refractivity contribution in [3.05, 3.63) is 69.7 Å². The van der Waals surface area contributed by atoms with Gasteiger partial charge < -0.3 is 9.47 Å². The molecule has 1 heterocycles. The smallest absolute Gasteiger partial charge is 0.306 e. The molecule has 5 heteroatoms. The number of hydrogen-bond acceptors (Lipinski definition) is 5. The van der Waals surface area contributed by atoms with Crippen LogP contribution in [-0.2, 0) is 22.4 Å². The van der Waals surface area contributed by atoms with Gasteiger partial charge in [-0.15, -0.1) is 11.3 Å². The lowest BCUT2D eigenvalue weighted by molar-refractivity contribution is -0.143. The number of carbonyl (C=O) groups excluding carboxylic acids is 1. The third-order valence-corrected chi connectivity index (χ3v) is 7.42. The van der Waals surface area contributed by atoms with Crippen molar-refractivity contribution in [1.82, 2.24) is 4.98 Å². The van der Waals surface area contributed by atoms with Crippen molar-refractivity contribution in [3.8, 4) is 16.3 Å². The van der Waals surface area contributed by atoms with E-state index >= 15 is 0 Å². The summed E-state index contributed by atoms with van der Waals surface area (Å²) in [7, 11) is 0. The highest BCUT2D eigenvalue weighted by Gasteiger charge is 2.25. The van der Waals surface area contributed by atoms with Crippen molar-refractivity contribution in [2.24, 2.45) is 0 Å². The van der Waals surface area contributed by atoms with Crippen molar-refractivity contribution in [2.45, 2.75) is 65.2 Å². The van der Waals surface area contributed by atoms with Crippen LogP contribution >= 0.6 is 11.3 Å². The van der Waals surface area contributed by atoms with Gasteiger partial charge in [0, 0.05) is 16.9 Å². The molecule has 33 heavy (non-hydrogen) atoms. The lowest BCUT2D eigenvalue weighted by atomic mass is 9.98. The summed E-state index contributed by atoms with van der Waals surface area (Å²) >= 11 is 1.75. The number of carbonyl (C=O) groups is 1. The fourth-order valence-electron chi connectivity index (χ4n) is 4.46. The van der Waals surface area contributed by atoms with Crippen LogP contribution in [-0.4, -0.2) is 24.2 Å². The zero-order valence-corrected chi connectivity index (χ0v) is 20.8. The molecule has 2 aromatic carbocycles. The Hall–Kier alpha value is -2.66. The maximum absolute atomic E-state index is 11.9.